The fourth-order valence-electron chi connectivity index (χ4n) is 4.46. The maximum atomic E-state index is 13.7. The highest BCUT2D eigenvalue weighted by Crippen LogP contribution is 2.37. The summed E-state index contributed by atoms with van der Waals surface area (Å²) in [6, 6.07) is 14.0. The number of rotatable bonds is 4. The fourth-order valence-corrected chi connectivity index (χ4v) is 4.46. The van der Waals surface area contributed by atoms with Gasteiger partial charge in [0.15, 0.2) is 0 Å². The molecule has 0 N–H and O–H groups in total. The van der Waals surface area contributed by atoms with E-state index in [9.17, 15) is 9.18 Å². The number of benzene rings is 2. The minimum atomic E-state index is -0.598. The van der Waals surface area contributed by atoms with Gasteiger partial charge in [0, 0.05) is 28.4 Å². The highest BCUT2D eigenvalue weighted by molar-refractivity contribution is 5.86. The lowest BCUT2D eigenvalue weighted by molar-refractivity contribution is -0.155. The molecule has 3 heterocycles. The smallest absolute Gasteiger partial charge is 0.308 e. The molecule has 0 aliphatic carbocycles. The number of nitrogens with zero attached hydrogens (tertiary/aromatic N) is 4. The van der Waals surface area contributed by atoms with Gasteiger partial charge in [-0.2, -0.15) is 10.2 Å². The molecule has 0 bridgehead atoms. The maximum Gasteiger partial charge on any atom is 0.308 e. The van der Waals surface area contributed by atoms with Crippen LogP contribution >= 0.6 is 0 Å². The first kappa shape index (κ1) is 21.8. The quantitative estimate of drug-likeness (QED) is 0.370. The number of halogens is 1. The summed E-state index contributed by atoms with van der Waals surface area (Å²) in [5.74, 6) is -0.214. The third-order valence-electron chi connectivity index (χ3n) is 5.86. The topological polar surface area (TPSA) is 93.9 Å². The lowest BCUT2D eigenvalue weighted by Gasteiger charge is -2.22. The second-order valence-electron chi connectivity index (χ2n) is 9.49. The Morgan fingerprint density at radius 1 is 1.24 bits per heavy atom. The normalized spacial score (nSPS) is 15.3. The molecule has 2 aromatic heterocycles. The Kier molecular flexibility index (Phi) is 5.20. The lowest BCUT2D eigenvalue weighted by Crippen LogP contribution is -2.25. The first-order valence-corrected chi connectivity index (χ1v) is 11.1. The molecule has 1 aliphatic rings. The molecule has 1 atom stereocenters. The van der Waals surface area contributed by atoms with Gasteiger partial charge in [-0.3, -0.25) is 4.79 Å². The first-order chi connectivity index (χ1) is 16.2. The fraction of sp³-hybridized carbons (Fsp3) is 0.308. The van der Waals surface area contributed by atoms with Crippen LogP contribution in [0, 0.1) is 17.1 Å². The average molecular weight is 458 g/mol. The number of fused-ring (bicyclic) bond motifs is 3. The number of esters is 1. The molecular weight excluding hydrogens is 435 g/mol. The number of ether oxygens (including phenoxy) is 1. The van der Waals surface area contributed by atoms with Crippen LogP contribution in [0.2, 0.25) is 0 Å². The lowest BCUT2D eigenvalue weighted by atomic mass is 10.1. The van der Waals surface area contributed by atoms with Crippen molar-refractivity contribution in [2.24, 2.45) is 0 Å². The van der Waals surface area contributed by atoms with E-state index in [0.717, 1.165) is 29.3 Å². The molecule has 1 unspecified atom stereocenters. The van der Waals surface area contributed by atoms with E-state index in [-0.39, 0.29) is 23.5 Å². The van der Waals surface area contributed by atoms with Crippen LogP contribution in [0.25, 0.3) is 33.7 Å². The van der Waals surface area contributed by atoms with Crippen molar-refractivity contribution in [3.05, 3.63) is 59.5 Å². The Morgan fingerprint density at radius 2 is 2.03 bits per heavy atom. The Balaban J connectivity index is 1.46. The molecule has 1 aliphatic heterocycles. The number of nitriles is 1. The van der Waals surface area contributed by atoms with Crippen molar-refractivity contribution in [2.45, 2.75) is 51.7 Å². The van der Waals surface area contributed by atoms with Gasteiger partial charge in [-0.25, -0.2) is 4.39 Å². The van der Waals surface area contributed by atoms with E-state index in [1.165, 1.54) is 23.9 Å². The van der Waals surface area contributed by atoms with Gasteiger partial charge in [-0.05, 0) is 69.3 Å². The molecular formula is C26H23FN4O3. The highest BCUT2D eigenvalue weighted by atomic mass is 19.1. The largest absolute Gasteiger partial charge is 0.460 e. The van der Waals surface area contributed by atoms with Crippen LogP contribution in [0.1, 0.15) is 50.9 Å². The van der Waals surface area contributed by atoms with Crippen molar-refractivity contribution in [1.29, 1.82) is 5.26 Å². The predicted molar refractivity (Wildman–Crippen MR) is 123 cm³/mol. The number of aromatic nitrogens is 3. The average Bonchev–Trinajstić information content (AvgIpc) is 3.49. The second-order valence-corrected chi connectivity index (χ2v) is 9.49. The van der Waals surface area contributed by atoms with Gasteiger partial charge >= 0.3 is 5.97 Å². The molecule has 172 valence electrons. The van der Waals surface area contributed by atoms with E-state index in [4.69, 9.17) is 14.5 Å². The van der Waals surface area contributed by atoms with Gasteiger partial charge in [0.1, 0.15) is 17.5 Å². The van der Waals surface area contributed by atoms with Gasteiger partial charge in [-0.1, -0.05) is 17.3 Å². The van der Waals surface area contributed by atoms with Crippen LogP contribution in [0.5, 0.6) is 0 Å². The van der Waals surface area contributed by atoms with E-state index >= 15 is 0 Å². The summed E-state index contributed by atoms with van der Waals surface area (Å²) < 4.78 is 26.8. The number of hydrogen-bond acceptors (Lipinski definition) is 6. The van der Waals surface area contributed by atoms with Gasteiger partial charge < -0.3 is 13.8 Å². The van der Waals surface area contributed by atoms with Gasteiger partial charge in [-0.15, -0.1) is 0 Å². The summed E-state index contributed by atoms with van der Waals surface area (Å²) >= 11 is 0. The van der Waals surface area contributed by atoms with Crippen LogP contribution in [0.4, 0.5) is 4.39 Å². The molecule has 0 radical (unpaired) electrons. The van der Waals surface area contributed by atoms with Gasteiger partial charge in [0.25, 0.3) is 5.89 Å². The summed E-state index contributed by atoms with van der Waals surface area (Å²) in [4.78, 5) is 16.9. The highest BCUT2D eigenvalue weighted by Gasteiger charge is 2.28. The number of aryl methyl sites for hydroxylation is 1. The Bertz CT molecular complexity index is 1460. The SMILES string of the molecule is CC(C)(C)OC(=O)CC1CCc2cc3ccc(-c4noc(-c5ccc(F)c(C#N)c5)n4)cc3n21. The number of carbonyl (C=O) groups is 1. The summed E-state index contributed by atoms with van der Waals surface area (Å²) in [5, 5.41) is 14.2. The molecule has 4 aromatic rings. The van der Waals surface area contributed by atoms with Crippen LogP contribution in [0.3, 0.4) is 0 Å². The van der Waals surface area contributed by atoms with Gasteiger partial charge in [0.05, 0.1) is 12.0 Å². The minimum Gasteiger partial charge on any atom is -0.460 e. The van der Waals surface area contributed by atoms with Crippen molar-refractivity contribution < 1.29 is 18.4 Å². The molecule has 8 heteroatoms. The molecule has 0 saturated heterocycles. The second kappa shape index (κ2) is 8.10. The minimum absolute atomic E-state index is 0.0297. The molecule has 7 nitrogen and oxygen atoms in total. The first-order valence-electron chi connectivity index (χ1n) is 11.1. The molecule has 5 rings (SSSR count). The van der Waals surface area contributed by atoms with Crippen molar-refractivity contribution in [3.63, 3.8) is 0 Å². The van der Waals surface area contributed by atoms with Gasteiger partial charge in [0.2, 0.25) is 5.82 Å². The Hall–Kier alpha value is -3.99. The summed E-state index contributed by atoms with van der Waals surface area (Å²) in [7, 11) is 0. The molecule has 0 saturated carbocycles. The van der Waals surface area contributed by atoms with Crippen LogP contribution in [-0.4, -0.2) is 26.3 Å². The zero-order chi connectivity index (χ0) is 24.0. The van der Waals surface area contributed by atoms with E-state index in [1.807, 2.05) is 45.0 Å². The zero-order valence-corrected chi connectivity index (χ0v) is 19.1. The molecule has 2 aromatic carbocycles. The number of hydrogen-bond donors (Lipinski definition) is 0. The predicted octanol–water partition coefficient (Wildman–Crippen LogP) is 5.59. The molecule has 0 fully saturated rings. The number of carbonyl (C=O) groups excluding carboxylic acids is 1. The Morgan fingerprint density at radius 3 is 2.79 bits per heavy atom. The third kappa shape index (κ3) is 4.05. The van der Waals surface area contributed by atoms with Crippen LogP contribution in [0.15, 0.2) is 47.0 Å². The van der Waals surface area contributed by atoms with Crippen molar-refractivity contribution in [2.75, 3.05) is 0 Å². The molecule has 0 spiro atoms. The van der Waals surface area contributed by atoms with E-state index in [1.54, 1.807) is 0 Å². The van der Waals surface area contributed by atoms with E-state index in [2.05, 4.69) is 20.8 Å². The van der Waals surface area contributed by atoms with E-state index in [0.29, 0.717) is 17.8 Å². The van der Waals surface area contributed by atoms with Crippen molar-refractivity contribution in [1.82, 2.24) is 14.7 Å². The maximum absolute atomic E-state index is 13.7. The van der Waals surface area contributed by atoms with Crippen LogP contribution in [-0.2, 0) is 16.0 Å². The van der Waals surface area contributed by atoms with E-state index < -0.39 is 11.4 Å². The molecule has 34 heavy (non-hydrogen) atoms. The molecule has 0 amide bonds. The van der Waals surface area contributed by atoms with Crippen molar-refractivity contribution in [3.8, 4) is 28.9 Å². The third-order valence-corrected chi connectivity index (χ3v) is 5.86. The Labute approximate surface area is 195 Å². The summed E-state index contributed by atoms with van der Waals surface area (Å²) in [6.07, 6.45) is 2.10. The standard InChI is InChI=1S/C26H23FN4O3/c1-26(2,3)33-23(32)13-20-8-7-19-11-15-4-5-16(12-22(15)31(19)20)24-29-25(34-30-24)17-6-9-21(27)18(10-17)14-28/h4-6,9-12,20H,7-8,13H2,1-3H3. The van der Waals surface area contributed by atoms with Crippen molar-refractivity contribution >= 4 is 16.9 Å². The zero-order valence-electron chi connectivity index (χ0n) is 19.1. The summed E-state index contributed by atoms with van der Waals surface area (Å²) in [6.45, 7) is 5.61. The summed E-state index contributed by atoms with van der Waals surface area (Å²) in [5.41, 5.74) is 2.81. The monoisotopic (exact) mass is 458 g/mol. The van der Waals surface area contributed by atoms with Crippen LogP contribution < -0.4 is 0 Å².